The Kier molecular flexibility index (Phi) is 4.74. The fraction of sp³-hybridized carbons (Fsp3) is 0.417. The van der Waals surface area contributed by atoms with Crippen LogP contribution in [0.1, 0.15) is 17.3 Å². The summed E-state index contributed by atoms with van der Waals surface area (Å²) in [6, 6.07) is 6.58. The highest BCUT2D eigenvalue weighted by Gasteiger charge is 2.44. The molecule has 0 radical (unpaired) electrons. The SMILES string of the molecule is C[C@@H]1N[C@@H]([N+](=O)[O-])[C@@H](Br)N1CC(=O)c1ccc(Cl)cc1. The van der Waals surface area contributed by atoms with Crippen molar-refractivity contribution < 1.29 is 9.72 Å². The Morgan fingerprint density at radius 1 is 1.50 bits per heavy atom. The summed E-state index contributed by atoms with van der Waals surface area (Å²) in [6.07, 6.45) is -1.19. The molecular formula is C12H13BrClN3O3. The molecule has 0 amide bonds. The second kappa shape index (κ2) is 6.17. The minimum atomic E-state index is -0.928. The lowest BCUT2D eigenvalue weighted by Crippen LogP contribution is -2.39. The Hall–Kier alpha value is -1.02. The second-order valence-electron chi connectivity index (χ2n) is 4.55. The first kappa shape index (κ1) is 15.4. The molecule has 2 rings (SSSR count). The fourth-order valence-corrected chi connectivity index (χ4v) is 3.07. The number of alkyl halides is 1. The van der Waals surface area contributed by atoms with Crippen LogP contribution in [0, 0.1) is 10.1 Å². The molecule has 20 heavy (non-hydrogen) atoms. The van der Waals surface area contributed by atoms with E-state index in [2.05, 4.69) is 21.2 Å². The molecule has 0 unspecified atom stereocenters. The molecule has 108 valence electrons. The van der Waals surface area contributed by atoms with Gasteiger partial charge in [-0.05, 0) is 31.2 Å². The van der Waals surface area contributed by atoms with E-state index in [1.807, 2.05) is 0 Å². The number of nitrogens with zero attached hydrogens (tertiary/aromatic N) is 2. The molecule has 1 aromatic rings. The maximum atomic E-state index is 12.2. The number of ketones is 1. The minimum absolute atomic E-state index is 0.0933. The summed E-state index contributed by atoms with van der Waals surface area (Å²) >= 11 is 9.05. The lowest BCUT2D eigenvalue weighted by atomic mass is 10.1. The maximum Gasteiger partial charge on any atom is 0.292 e. The summed E-state index contributed by atoms with van der Waals surface area (Å²) in [4.78, 5) is 23.8. The third-order valence-corrected chi connectivity index (χ3v) is 4.49. The van der Waals surface area contributed by atoms with Gasteiger partial charge in [0.2, 0.25) is 0 Å². The molecule has 0 bridgehead atoms. The van der Waals surface area contributed by atoms with Crippen molar-refractivity contribution in [2.75, 3.05) is 6.54 Å². The smallest absolute Gasteiger partial charge is 0.292 e. The van der Waals surface area contributed by atoms with Crippen molar-refractivity contribution >= 4 is 33.3 Å². The second-order valence-corrected chi connectivity index (χ2v) is 5.92. The van der Waals surface area contributed by atoms with Crippen LogP contribution < -0.4 is 5.32 Å². The maximum absolute atomic E-state index is 12.2. The highest BCUT2D eigenvalue weighted by Crippen LogP contribution is 2.23. The highest BCUT2D eigenvalue weighted by molar-refractivity contribution is 9.09. The van der Waals surface area contributed by atoms with Crippen LogP contribution in [0.5, 0.6) is 0 Å². The summed E-state index contributed by atoms with van der Waals surface area (Å²) in [5.41, 5.74) is 0.533. The Morgan fingerprint density at radius 2 is 2.10 bits per heavy atom. The topological polar surface area (TPSA) is 75.5 Å². The molecule has 0 aliphatic carbocycles. The van der Waals surface area contributed by atoms with Gasteiger partial charge in [0.05, 0.1) is 12.7 Å². The molecule has 6 nitrogen and oxygen atoms in total. The third kappa shape index (κ3) is 3.17. The molecule has 3 atom stereocenters. The van der Waals surface area contributed by atoms with Gasteiger partial charge in [0, 0.05) is 15.5 Å². The molecule has 0 spiro atoms. The first-order chi connectivity index (χ1) is 9.40. The van der Waals surface area contributed by atoms with Crippen LogP contribution in [0.4, 0.5) is 0 Å². The number of halogens is 2. The normalized spacial score (nSPS) is 26.6. The number of carbonyl (C=O) groups excluding carboxylic acids is 1. The van der Waals surface area contributed by atoms with Crippen LogP contribution in [-0.2, 0) is 0 Å². The number of hydrogen-bond acceptors (Lipinski definition) is 5. The van der Waals surface area contributed by atoms with Crippen molar-refractivity contribution in [2.24, 2.45) is 0 Å². The van der Waals surface area contributed by atoms with E-state index in [1.54, 1.807) is 36.1 Å². The van der Waals surface area contributed by atoms with Gasteiger partial charge in [-0.1, -0.05) is 27.5 Å². The summed E-state index contributed by atoms with van der Waals surface area (Å²) in [5.74, 6) is -0.108. The molecule has 1 aliphatic rings. The van der Waals surface area contributed by atoms with E-state index in [0.29, 0.717) is 10.6 Å². The molecule has 1 aromatic carbocycles. The number of Topliss-reactive ketones (excluding diaryl/α,β-unsaturated/α-hetero) is 1. The van der Waals surface area contributed by atoms with Crippen LogP contribution in [0.15, 0.2) is 24.3 Å². The lowest BCUT2D eigenvalue weighted by molar-refractivity contribution is -0.525. The number of hydrogen-bond donors (Lipinski definition) is 1. The Morgan fingerprint density at radius 3 is 2.60 bits per heavy atom. The van der Waals surface area contributed by atoms with Crippen LogP contribution in [-0.4, -0.2) is 39.4 Å². The number of benzene rings is 1. The molecule has 1 heterocycles. The van der Waals surface area contributed by atoms with Gasteiger partial charge in [0.1, 0.15) is 0 Å². The number of nitro groups is 1. The quantitative estimate of drug-likeness (QED) is 0.292. The standard InChI is InChI=1S/C12H13BrClN3O3/c1-7-15-12(17(19)20)11(13)16(7)6-10(18)8-2-4-9(14)5-3-8/h2-5,7,11-12,15H,6H2,1H3/t7-,11+,12+/m1/s1. The highest BCUT2D eigenvalue weighted by atomic mass is 79.9. The molecule has 8 heteroatoms. The zero-order chi connectivity index (χ0) is 14.9. The Bertz CT molecular complexity index is 525. The van der Waals surface area contributed by atoms with Crippen molar-refractivity contribution in [1.29, 1.82) is 0 Å². The lowest BCUT2D eigenvalue weighted by Gasteiger charge is -2.21. The number of nitrogens with one attached hydrogen (secondary N) is 1. The van der Waals surface area contributed by atoms with Crippen LogP contribution in [0.3, 0.4) is 0 Å². The average Bonchev–Trinajstić information content (AvgIpc) is 2.67. The van der Waals surface area contributed by atoms with Gasteiger partial charge in [-0.2, -0.15) is 0 Å². The number of carbonyl (C=O) groups is 1. The predicted octanol–water partition coefficient (Wildman–Crippen LogP) is 2.10. The van der Waals surface area contributed by atoms with Gasteiger partial charge < -0.3 is 0 Å². The summed E-state index contributed by atoms with van der Waals surface area (Å²) in [5, 5.41) is 14.3. The van der Waals surface area contributed by atoms with E-state index in [9.17, 15) is 14.9 Å². The van der Waals surface area contributed by atoms with Gasteiger partial charge >= 0.3 is 0 Å². The van der Waals surface area contributed by atoms with Crippen LogP contribution >= 0.6 is 27.5 Å². The first-order valence-corrected chi connectivity index (χ1v) is 7.27. The summed E-state index contributed by atoms with van der Waals surface area (Å²) < 4.78 is 0. The molecule has 1 saturated heterocycles. The molecule has 1 aliphatic heterocycles. The predicted molar refractivity (Wildman–Crippen MR) is 78.6 cm³/mol. The molecule has 1 N–H and O–H groups in total. The van der Waals surface area contributed by atoms with Gasteiger partial charge in [0.15, 0.2) is 10.7 Å². The third-order valence-electron chi connectivity index (χ3n) is 3.21. The Balaban J connectivity index is 2.07. The van der Waals surface area contributed by atoms with Crippen molar-refractivity contribution in [3.8, 4) is 0 Å². The van der Waals surface area contributed by atoms with Crippen molar-refractivity contribution in [3.63, 3.8) is 0 Å². The van der Waals surface area contributed by atoms with Crippen molar-refractivity contribution in [1.82, 2.24) is 10.2 Å². The molecule has 0 saturated carbocycles. The van der Waals surface area contributed by atoms with E-state index in [0.717, 1.165) is 0 Å². The van der Waals surface area contributed by atoms with E-state index in [-0.39, 0.29) is 18.5 Å². The first-order valence-electron chi connectivity index (χ1n) is 5.98. The van der Waals surface area contributed by atoms with E-state index in [4.69, 9.17) is 11.6 Å². The largest absolute Gasteiger partial charge is 0.293 e. The monoisotopic (exact) mass is 361 g/mol. The fourth-order valence-electron chi connectivity index (χ4n) is 2.10. The molecule has 1 fully saturated rings. The summed E-state index contributed by atoms with van der Waals surface area (Å²) in [7, 11) is 0. The van der Waals surface area contributed by atoms with Crippen LogP contribution in [0.2, 0.25) is 5.02 Å². The molecule has 0 aromatic heterocycles. The van der Waals surface area contributed by atoms with Crippen molar-refractivity contribution in [2.45, 2.75) is 24.2 Å². The van der Waals surface area contributed by atoms with Gasteiger partial charge in [0.25, 0.3) is 6.17 Å². The van der Waals surface area contributed by atoms with Crippen molar-refractivity contribution in [3.05, 3.63) is 45.0 Å². The zero-order valence-corrected chi connectivity index (χ0v) is 13.0. The van der Waals surface area contributed by atoms with E-state index < -0.39 is 16.0 Å². The minimum Gasteiger partial charge on any atom is -0.293 e. The van der Waals surface area contributed by atoms with Gasteiger partial charge in [-0.15, -0.1) is 0 Å². The Labute approximate surface area is 129 Å². The summed E-state index contributed by atoms with van der Waals surface area (Å²) in [6.45, 7) is 1.88. The average molecular weight is 363 g/mol. The van der Waals surface area contributed by atoms with E-state index in [1.165, 1.54) is 0 Å². The van der Waals surface area contributed by atoms with Gasteiger partial charge in [-0.25, -0.2) is 5.32 Å². The molecular weight excluding hydrogens is 350 g/mol. The van der Waals surface area contributed by atoms with Crippen LogP contribution in [0.25, 0.3) is 0 Å². The zero-order valence-electron chi connectivity index (χ0n) is 10.6. The van der Waals surface area contributed by atoms with E-state index >= 15 is 0 Å². The van der Waals surface area contributed by atoms with Gasteiger partial charge in [-0.3, -0.25) is 19.8 Å². The number of rotatable bonds is 4.